The molecular weight excluding hydrogens is 336 g/mol. The SMILES string of the molecule is Fc1c(Br)ccc(Br)c1OC(F)(F)F. The van der Waals surface area contributed by atoms with Gasteiger partial charge in [-0.1, -0.05) is 0 Å². The molecule has 0 saturated heterocycles. The molecule has 0 aliphatic heterocycles. The summed E-state index contributed by atoms with van der Waals surface area (Å²) in [5.41, 5.74) is 0. The van der Waals surface area contributed by atoms with Crippen LogP contribution in [-0.2, 0) is 0 Å². The molecule has 1 nitrogen and oxygen atoms in total. The van der Waals surface area contributed by atoms with Crippen LogP contribution in [0.5, 0.6) is 5.75 Å². The molecule has 1 aromatic carbocycles. The van der Waals surface area contributed by atoms with E-state index in [-0.39, 0.29) is 8.95 Å². The van der Waals surface area contributed by atoms with Crippen LogP contribution >= 0.6 is 31.9 Å². The number of hydrogen-bond donors (Lipinski definition) is 0. The van der Waals surface area contributed by atoms with Crippen LogP contribution in [0.25, 0.3) is 0 Å². The van der Waals surface area contributed by atoms with Gasteiger partial charge in [-0.3, -0.25) is 0 Å². The summed E-state index contributed by atoms with van der Waals surface area (Å²) in [6.45, 7) is 0. The molecule has 0 saturated carbocycles. The van der Waals surface area contributed by atoms with Crippen molar-refractivity contribution < 1.29 is 22.3 Å². The van der Waals surface area contributed by atoms with Crippen molar-refractivity contribution >= 4 is 31.9 Å². The molecule has 1 aromatic rings. The molecule has 0 amide bonds. The van der Waals surface area contributed by atoms with E-state index in [1.54, 1.807) is 0 Å². The molecule has 7 heteroatoms. The van der Waals surface area contributed by atoms with Gasteiger partial charge in [-0.2, -0.15) is 0 Å². The summed E-state index contributed by atoms with van der Waals surface area (Å²) in [6.07, 6.45) is -4.91. The average molecular weight is 338 g/mol. The predicted octanol–water partition coefficient (Wildman–Crippen LogP) is 4.25. The quantitative estimate of drug-likeness (QED) is 0.550. The fourth-order valence-corrected chi connectivity index (χ4v) is 1.42. The van der Waals surface area contributed by atoms with E-state index >= 15 is 0 Å². The lowest BCUT2D eigenvalue weighted by Crippen LogP contribution is -2.18. The van der Waals surface area contributed by atoms with Crippen molar-refractivity contribution in [3.05, 3.63) is 26.9 Å². The van der Waals surface area contributed by atoms with E-state index in [2.05, 4.69) is 36.6 Å². The van der Waals surface area contributed by atoms with E-state index < -0.39 is 17.9 Å². The van der Waals surface area contributed by atoms with Gasteiger partial charge in [-0.25, -0.2) is 4.39 Å². The summed E-state index contributed by atoms with van der Waals surface area (Å²) in [5.74, 6) is -1.98. The standard InChI is InChI=1S/C7H2Br2F4O/c8-3-1-2-4(9)6(5(3)10)14-7(11,12)13/h1-2H. The Balaban J connectivity index is 3.13. The Bertz CT molecular complexity index is 350. The number of benzene rings is 1. The van der Waals surface area contributed by atoms with Crippen molar-refractivity contribution in [1.82, 2.24) is 0 Å². The number of hydrogen-bond acceptors (Lipinski definition) is 1. The molecule has 0 bridgehead atoms. The fourth-order valence-electron chi connectivity index (χ4n) is 0.718. The van der Waals surface area contributed by atoms with Crippen molar-refractivity contribution in [1.29, 1.82) is 0 Å². The summed E-state index contributed by atoms with van der Waals surface area (Å²) in [5, 5.41) is 0. The minimum atomic E-state index is -4.91. The van der Waals surface area contributed by atoms with E-state index in [4.69, 9.17) is 0 Å². The van der Waals surface area contributed by atoms with Gasteiger partial charge in [0.15, 0.2) is 11.6 Å². The summed E-state index contributed by atoms with van der Waals surface area (Å²) < 4.78 is 51.8. The maximum Gasteiger partial charge on any atom is 0.573 e. The highest BCUT2D eigenvalue weighted by Gasteiger charge is 2.33. The number of ether oxygens (including phenoxy) is 1. The first-order valence-electron chi connectivity index (χ1n) is 3.20. The van der Waals surface area contributed by atoms with Crippen LogP contribution in [0.3, 0.4) is 0 Å². The molecule has 0 aliphatic carbocycles. The van der Waals surface area contributed by atoms with Gasteiger partial charge in [-0.15, -0.1) is 13.2 Å². The molecule has 0 radical (unpaired) electrons. The van der Waals surface area contributed by atoms with E-state index in [9.17, 15) is 17.6 Å². The van der Waals surface area contributed by atoms with Crippen molar-refractivity contribution in [3.8, 4) is 5.75 Å². The molecule has 0 heterocycles. The molecule has 1 rings (SSSR count). The average Bonchev–Trinajstić information content (AvgIpc) is 2.04. The molecule has 0 spiro atoms. The first-order valence-corrected chi connectivity index (χ1v) is 4.79. The van der Waals surface area contributed by atoms with Crippen LogP contribution in [0.4, 0.5) is 17.6 Å². The van der Waals surface area contributed by atoms with Crippen LogP contribution in [-0.4, -0.2) is 6.36 Å². The third-order valence-corrected chi connectivity index (χ3v) is 2.46. The summed E-state index contributed by atoms with van der Waals surface area (Å²) in [7, 11) is 0. The highest BCUT2D eigenvalue weighted by molar-refractivity contribution is 9.11. The Morgan fingerprint density at radius 3 is 2.07 bits per heavy atom. The first-order chi connectivity index (χ1) is 6.31. The second-order valence-corrected chi connectivity index (χ2v) is 3.93. The smallest absolute Gasteiger partial charge is 0.401 e. The Hall–Kier alpha value is -0.300. The van der Waals surface area contributed by atoms with E-state index in [1.165, 1.54) is 12.1 Å². The lowest BCUT2D eigenvalue weighted by Gasteiger charge is -2.11. The molecule has 14 heavy (non-hydrogen) atoms. The summed E-state index contributed by atoms with van der Waals surface area (Å²) in [4.78, 5) is 0. The van der Waals surface area contributed by atoms with Gasteiger partial charge in [0, 0.05) is 0 Å². The second-order valence-electron chi connectivity index (χ2n) is 2.22. The number of alkyl halides is 3. The number of halogens is 6. The zero-order chi connectivity index (χ0) is 10.9. The van der Waals surface area contributed by atoms with Gasteiger partial charge in [0.05, 0.1) is 8.95 Å². The van der Waals surface area contributed by atoms with Crippen LogP contribution in [0.1, 0.15) is 0 Å². The fraction of sp³-hybridized carbons (Fsp3) is 0.143. The molecule has 0 fully saturated rings. The van der Waals surface area contributed by atoms with Gasteiger partial charge < -0.3 is 4.74 Å². The topological polar surface area (TPSA) is 9.23 Å². The summed E-state index contributed by atoms with van der Waals surface area (Å²) >= 11 is 5.49. The second kappa shape index (κ2) is 4.06. The lowest BCUT2D eigenvalue weighted by atomic mass is 10.3. The zero-order valence-corrected chi connectivity index (χ0v) is 9.50. The molecule has 0 N–H and O–H groups in total. The molecule has 78 valence electrons. The van der Waals surface area contributed by atoms with Gasteiger partial charge in [-0.05, 0) is 44.0 Å². The summed E-state index contributed by atoms with van der Waals surface area (Å²) in [6, 6.07) is 2.51. The van der Waals surface area contributed by atoms with Crippen LogP contribution in [0.15, 0.2) is 21.1 Å². The zero-order valence-electron chi connectivity index (χ0n) is 6.33. The van der Waals surface area contributed by atoms with E-state index in [1.807, 2.05) is 0 Å². The monoisotopic (exact) mass is 336 g/mol. The Kier molecular flexibility index (Phi) is 3.41. The van der Waals surface area contributed by atoms with Gasteiger partial charge >= 0.3 is 6.36 Å². The maximum atomic E-state index is 13.1. The Labute approximate surface area is 93.3 Å². The maximum absolute atomic E-state index is 13.1. The minimum Gasteiger partial charge on any atom is -0.401 e. The van der Waals surface area contributed by atoms with Crippen molar-refractivity contribution in [2.45, 2.75) is 6.36 Å². The van der Waals surface area contributed by atoms with Crippen LogP contribution in [0, 0.1) is 5.82 Å². The van der Waals surface area contributed by atoms with Gasteiger partial charge in [0.25, 0.3) is 0 Å². The van der Waals surface area contributed by atoms with Gasteiger partial charge in [0.1, 0.15) is 0 Å². The molecular formula is C7H2Br2F4O. The number of rotatable bonds is 1. The normalized spacial score (nSPS) is 11.6. The molecule has 0 aliphatic rings. The van der Waals surface area contributed by atoms with E-state index in [0.717, 1.165) is 0 Å². The van der Waals surface area contributed by atoms with Crippen LogP contribution < -0.4 is 4.74 Å². The van der Waals surface area contributed by atoms with Gasteiger partial charge in [0.2, 0.25) is 0 Å². The first kappa shape index (κ1) is 11.8. The Morgan fingerprint density at radius 2 is 1.57 bits per heavy atom. The highest BCUT2D eigenvalue weighted by Crippen LogP contribution is 2.36. The van der Waals surface area contributed by atoms with Crippen LogP contribution in [0.2, 0.25) is 0 Å². The predicted molar refractivity (Wildman–Crippen MR) is 48.5 cm³/mol. The molecule has 0 unspecified atom stereocenters. The third kappa shape index (κ3) is 2.84. The molecule has 0 atom stereocenters. The molecule has 0 aromatic heterocycles. The highest BCUT2D eigenvalue weighted by atomic mass is 79.9. The Morgan fingerprint density at radius 1 is 1.07 bits per heavy atom. The van der Waals surface area contributed by atoms with Crippen molar-refractivity contribution in [2.24, 2.45) is 0 Å². The largest absolute Gasteiger partial charge is 0.573 e. The van der Waals surface area contributed by atoms with Crippen molar-refractivity contribution in [2.75, 3.05) is 0 Å². The minimum absolute atomic E-state index is 0.0973. The van der Waals surface area contributed by atoms with Crippen molar-refractivity contribution in [3.63, 3.8) is 0 Å². The lowest BCUT2D eigenvalue weighted by molar-refractivity contribution is -0.275. The van der Waals surface area contributed by atoms with E-state index in [0.29, 0.717) is 0 Å². The third-order valence-electron chi connectivity index (χ3n) is 1.22.